The van der Waals surface area contributed by atoms with Crippen LogP contribution >= 0.6 is 0 Å². The maximum absolute atomic E-state index is 11.7. The second-order valence-electron chi connectivity index (χ2n) is 8.53. The van der Waals surface area contributed by atoms with Crippen LogP contribution in [0, 0.1) is 17.8 Å². The topological polar surface area (TPSA) is 71.1 Å². The Kier molecular flexibility index (Phi) is 9.47. The number of benzene rings is 1. The molecule has 0 bridgehead atoms. The van der Waals surface area contributed by atoms with Gasteiger partial charge in [0.1, 0.15) is 11.5 Å². The van der Waals surface area contributed by atoms with Crippen molar-refractivity contribution >= 4 is 11.9 Å². The highest BCUT2D eigenvalue weighted by Gasteiger charge is 2.28. The van der Waals surface area contributed by atoms with Crippen LogP contribution in [0.4, 0.5) is 0 Å². The Hall–Kier alpha value is -2.24. The summed E-state index contributed by atoms with van der Waals surface area (Å²) in [6, 6.07) is 5.72. The average molecular weight is 409 g/mol. The molecular formula is C23H36O6. The van der Waals surface area contributed by atoms with E-state index < -0.39 is 10.8 Å². The Morgan fingerprint density at radius 2 is 1.17 bits per heavy atom. The smallest absolute Gasteiger partial charge is 0.311 e. The molecule has 164 valence electrons. The third-order valence-corrected chi connectivity index (χ3v) is 5.12. The van der Waals surface area contributed by atoms with Crippen molar-refractivity contribution in [1.82, 2.24) is 0 Å². The molecule has 0 heterocycles. The van der Waals surface area contributed by atoms with Gasteiger partial charge >= 0.3 is 11.9 Å². The fraction of sp³-hybridized carbons (Fsp3) is 0.652. The minimum absolute atomic E-state index is 0.209. The zero-order valence-electron chi connectivity index (χ0n) is 18.9. The van der Waals surface area contributed by atoms with Crippen LogP contribution in [0.3, 0.4) is 0 Å². The van der Waals surface area contributed by atoms with Gasteiger partial charge in [0, 0.05) is 5.56 Å². The van der Waals surface area contributed by atoms with Gasteiger partial charge in [0.15, 0.2) is 0 Å². The monoisotopic (exact) mass is 408 g/mol. The van der Waals surface area contributed by atoms with Crippen molar-refractivity contribution in [3.63, 3.8) is 0 Å². The predicted molar refractivity (Wildman–Crippen MR) is 112 cm³/mol. The second kappa shape index (κ2) is 11.1. The second-order valence-corrected chi connectivity index (χ2v) is 8.53. The van der Waals surface area contributed by atoms with E-state index in [4.69, 9.17) is 18.9 Å². The number of hydrogen-bond acceptors (Lipinski definition) is 6. The maximum Gasteiger partial charge on any atom is 0.311 e. The average Bonchev–Trinajstić information content (AvgIpc) is 2.69. The van der Waals surface area contributed by atoms with Gasteiger partial charge in [-0.15, -0.1) is 0 Å². The van der Waals surface area contributed by atoms with Gasteiger partial charge in [-0.05, 0) is 72.4 Å². The van der Waals surface area contributed by atoms with Gasteiger partial charge in [0.2, 0.25) is 0 Å². The normalized spacial score (nSPS) is 11.7. The summed E-state index contributed by atoms with van der Waals surface area (Å²) >= 11 is 0. The van der Waals surface area contributed by atoms with Crippen LogP contribution in [0.25, 0.3) is 0 Å². The van der Waals surface area contributed by atoms with Crippen LogP contribution in [-0.4, -0.2) is 39.4 Å². The fourth-order valence-electron chi connectivity index (χ4n) is 3.06. The van der Waals surface area contributed by atoms with Gasteiger partial charge in [-0.3, -0.25) is 9.59 Å². The highest BCUT2D eigenvalue weighted by molar-refractivity contribution is 5.76. The van der Waals surface area contributed by atoms with E-state index in [1.807, 2.05) is 52.8 Å². The predicted octanol–water partition coefficient (Wildman–Crippen LogP) is 4.71. The Bertz CT molecular complexity index is 624. The van der Waals surface area contributed by atoms with Crippen LogP contribution in [0.15, 0.2) is 18.2 Å². The lowest BCUT2D eigenvalue weighted by molar-refractivity contribution is -0.152. The quantitative estimate of drug-likeness (QED) is 0.368. The molecule has 0 amide bonds. The first-order chi connectivity index (χ1) is 13.5. The van der Waals surface area contributed by atoms with Gasteiger partial charge in [0.05, 0.1) is 38.3 Å². The van der Waals surface area contributed by atoms with E-state index in [2.05, 4.69) is 0 Å². The molecule has 0 atom stereocenters. The van der Waals surface area contributed by atoms with E-state index in [1.165, 1.54) is 14.2 Å². The van der Waals surface area contributed by atoms with Crippen LogP contribution in [0.1, 0.15) is 58.9 Å². The first kappa shape index (κ1) is 24.8. The van der Waals surface area contributed by atoms with Crippen LogP contribution in [0.5, 0.6) is 11.5 Å². The summed E-state index contributed by atoms with van der Waals surface area (Å²) in [7, 11) is 2.82. The molecule has 0 saturated carbocycles. The molecular weight excluding hydrogens is 372 g/mol. The summed E-state index contributed by atoms with van der Waals surface area (Å²) < 4.78 is 21.5. The van der Waals surface area contributed by atoms with Gasteiger partial charge < -0.3 is 18.9 Å². The Labute approximate surface area is 174 Å². The molecule has 6 nitrogen and oxygen atoms in total. The molecule has 0 aliphatic heterocycles. The molecule has 0 fully saturated rings. The zero-order chi connectivity index (χ0) is 22.1. The van der Waals surface area contributed by atoms with E-state index in [0.717, 1.165) is 29.9 Å². The summed E-state index contributed by atoms with van der Waals surface area (Å²) in [4.78, 5) is 23.5. The Balaban J connectivity index is 2.50. The lowest BCUT2D eigenvalue weighted by atomic mass is 9.88. The van der Waals surface area contributed by atoms with Crippen molar-refractivity contribution in [3.05, 3.63) is 23.8 Å². The summed E-state index contributed by atoms with van der Waals surface area (Å²) in [6.45, 7) is 10.5. The highest BCUT2D eigenvalue weighted by Crippen LogP contribution is 2.30. The minimum atomic E-state index is -0.518. The van der Waals surface area contributed by atoms with Crippen molar-refractivity contribution in [2.75, 3.05) is 27.4 Å². The first-order valence-corrected chi connectivity index (χ1v) is 10.1. The molecule has 1 aromatic carbocycles. The number of hydrogen-bond donors (Lipinski definition) is 0. The Morgan fingerprint density at radius 3 is 1.52 bits per heavy atom. The van der Waals surface area contributed by atoms with Gasteiger partial charge in [-0.25, -0.2) is 0 Å². The van der Waals surface area contributed by atoms with Crippen LogP contribution in [-0.2, 0) is 19.1 Å². The molecule has 1 aromatic rings. The lowest BCUT2D eigenvalue weighted by Gasteiger charge is -2.22. The summed E-state index contributed by atoms with van der Waals surface area (Å²) in [5.41, 5.74) is -0.0985. The molecule has 29 heavy (non-hydrogen) atoms. The SMILES string of the molecule is COC(=O)C(C)(C)CCCOc1cccc(OCCCC(C)(C)C(=O)OC)c1C. The van der Waals surface area contributed by atoms with E-state index >= 15 is 0 Å². The molecule has 0 unspecified atom stereocenters. The molecule has 6 heteroatoms. The summed E-state index contributed by atoms with van der Waals surface area (Å²) in [6.07, 6.45) is 2.86. The lowest BCUT2D eigenvalue weighted by Crippen LogP contribution is -2.26. The molecule has 0 spiro atoms. The number of esters is 2. The van der Waals surface area contributed by atoms with Gasteiger partial charge in [-0.2, -0.15) is 0 Å². The third kappa shape index (κ3) is 7.59. The van der Waals surface area contributed by atoms with Gasteiger partial charge in [-0.1, -0.05) is 6.07 Å². The number of carbonyl (C=O) groups is 2. The van der Waals surface area contributed by atoms with E-state index in [1.54, 1.807) is 0 Å². The molecule has 0 aliphatic rings. The van der Waals surface area contributed by atoms with E-state index in [-0.39, 0.29) is 11.9 Å². The summed E-state index contributed by atoms with van der Waals surface area (Å²) in [5, 5.41) is 0. The van der Waals surface area contributed by atoms with E-state index in [9.17, 15) is 9.59 Å². The third-order valence-electron chi connectivity index (χ3n) is 5.12. The minimum Gasteiger partial charge on any atom is -0.493 e. The molecule has 1 rings (SSSR count). The van der Waals surface area contributed by atoms with Gasteiger partial charge in [0.25, 0.3) is 0 Å². The molecule has 0 aromatic heterocycles. The highest BCUT2D eigenvalue weighted by atomic mass is 16.5. The molecule has 0 saturated heterocycles. The van der Waals surface area contributed by atoms with Crippen molar-refractivity contribution < 1.29 is 28.5 Å². The number of rotatable bonds is 12. The van der Waals surface area contributed by atoms with Crippen molar-refractivity contribution in [3.8, 4) is 11.5 Å². The van der Waals surface area contributed by atoms with Crippen molar-refractivity contribution in [1.29, 1.82) is 0 Å². The Morgan fingerprint density at radius 1 is 0.793 bits per heavy atom. The van der Waals surface area contributed by atoms with Crippen LogP contribution < -0.4 is 9.47 Å². The largest absolute Gasteiger partial charge is 0.493 e. The van der Waals surface area contributed by atoms with E-state index in [0.29, 0.717) is 26.1 Å². The summed E-state index contributed by atoms with van der Waals surface area (Å²) in [5.74, 6) is 1.13. The standard InChI is InChI=1S/C23H36O6/c1-17-18(28-15-9-13-22(2,3)20(24)26-6)11-8-12-19(17)29-16-10-14-23(4,5)21(25)27-7/h8,11-12H,9-10,13-16H2,1-7H3. The maximum atomic E-state index is 11.7. The van der Waals surface area contributed by atoms with Crippen molar-refractivity contribution in [2.45, 2.75) is 60.3 Å². The molecule has 0 radical (unpaired) electrons. The van der Waals surface area contributed by atoms with Crippen LogP contribution in [0.2, 0.25) is 0 Å². The molecule has 0 N–H and O–H groups in total. The van der Waals surface area contributed by atoms with Crippen molar-refractivity contribution in [2.24, 2.45) is 10.8 Å². The number of ether oxygens (including phenoxy) is 4. The fourth-order valence-corrected chi connectivity index (χ4v) is 3.06. The number of carbonyl (C=O) groups excluding carboxylic acids is 2. The number of methoxy groups -OCH3 is 2. The molecule has 0 aliphatic carbocycles. The zero-order valence-corrected chi connectivity index (χ0v) is 18.9. The first-order valence-electron chi connectivity index (χ1n) is 10.1.